The first-order chi connectivity index (χ1) is 9.41. The van der Waals surface area contributed by atoms with Gasteiger partial charge < -0.3 is 15.2 Å². The van der Waals surface area contributed by atoms with Gasteiger partial charge >= 0.3 is 6.18 Å². The van der Waals surface area contributed by atoms with Crippen molar-refractivity contribution in [1.29, 1.82) is 0 Å². The highest BCUT2D eigenvalue weighted by molar-refractivity contribution is 7.99. The van der Waals surface area contributed by atoms with Crippen molar-refractivity contribution >= 4 is 24.2 Å². The summed E-state index contributed by atoms with van der Waals surface area (Å²) in [4.78, 5) is 0.634. The first kappa shape index (κ1) is 20.2. The molecule has 0 bridgehead atoms. The number of hydrogen-bond donors (Lipinski definition) is 1. The van der Waals surface area contributed by atoms with E-state index in [1.807, 2.05) is 0 Å². The zero-order chi connectivity index (χ0) is 15.2. The fourth-order valence-corrected chi connectivity index (χ4v) is 2.70. The lowest BCUT2D eigenvalue weighted by molar-refractivity contribution is -0.129. The van der Waals surface area contributed by atoms with Crippen molar-refractivity contribution in [3.8, 4) is 11.5 Å². The van der Waals surface area contributed by atoms with Gasteiger partial charge in [-0.3, -0.25) is 0 Å². The monoisotopic (exact) mass is 345 g/mol. The van der Waals surface area contributed by atoms with Crippen molar-refractivity contribution in [2.75, 3.05) is 26.5 Å². The van der Waals surface area contributed by atoms with Crippen molar-refractivity contribution in [1.82, 2.24) is 0 Å². The zero-order valence-electron chi connectivity index (χ0n) is 11.8. The summed E-state index contributed by atoms with van der Waals surface area (Å²) in [7, 11) is 3.01. The van der Waals surface area contributed by atoms with Crippen molar-refractivity contribution in [2.24, 2.45) is 5.73 Å². The lowest BCUT2D eigenvalue weighted by Gasteiger charge is -2.14. The highest BCUT2D eigenvalue weighted by Gasteiger charge is 2.26. The SMILES string of the molecule is COc1cc(SCCC(F)(F)F)c(OC)cc1CCN.Cl. The third kappa shape index (κ3) is 6.67. The van der Waals surface area contributed by atoms with Crippen molar-refractivity contribution in [3.63, 3.8) is 0 Å². The van der Waals surface area contributed by atoms with Crippen LogP contribution in [0.1, 0.15) is 12.0 Å². The minimum atomic E-state index is -4.15. The summed E-state index contributed by atoms with van der Waals surface area (Å²) >= 11 is 1.10. The van der Waals surface area contributed by atoms with Crippen LogP contribution in [0.3, 0.4) is 0 Å². The van der Waals surface area contributed by atoms with Crippen LogP contribution in [0.2, 0.25) is 0 Å². The molecule has 0 spiro atoms. The van der Waals surface area contributed by atoms with Crippen molar-refractivity contribution < 1.29 is 22.6 Å². The maximum atomic E-state index is 12.2. The van der Waals surface area contributed by atoms with Crippen LogP contribution in [-0.4, -0.2) is 32.7 Å². The number of ether oxygens (including phenoxy) is 2. The molecule has 0 unspecified atom stereocenters. The Balaban J connectivity index is 0.00000400. The second-order valence-corrected chi connectivity index (χ2v) is 5.20. The molecule has 1 rings (SSSR count). The number of nitrogens with two attached hydrogens (primary N) is 1. The Morgan fingerprint density at radius 1 is 1.14 bits per heavy atom. The number of benzene rings is 1. The van der Waals surface area contributed by atoms with Crippen LogP contribution in [0, 0.1) is 0 Å². The maximum absolute atomic E-state index is 12.2. The highest BCUT2D eigenvalue weighted by atomic mass is 35.5. The second kappa shape index (κ2) is 9.27. The summed E-state index contributed by atoms with van der Waals surface area (Å²) in [6, 6.07) is 3.46. The van der Waals surface area contributed by atoms with E-state index in [9.17, 15) is 13.2 Å². The smallest absolute Gasteiger partial charge is 0.389 e. The van der Waals surface area contributed by atoms with Gasteiger partial charge in [0, 0.05) is 5.75 Å². The molecule has 0 aliphatic rings. The van der Waals surface area contributed by atoms with Crippen molar-refractivity contribution in [2.45, 2.75) is 23.9 Å². The summed E-state index contributed by atoms with van der Waals surface area (Å²) in [6.07, 6.45) is -4.37. The highest BCUT2D eigenvalue weighted by Crippen LogP contribution is 2.37. The average Bonchev–Trinajstić information content (AvgIpc) is 2.38. The molecule has 0 fully saturated rings. The quantitative estimate of drug-likeness (QED) is 0.766. The van der Waals surface area contributed by atoms with E-state index in [0.29, 0.717) is 29.4 Å². The number of alkyl halides is 3. The van der Waals surface area contributed by atoms with E-state index in [0.717, 1.165) is 17.3 Å². The maximum Gasteiger partial charge on any atom is 0.389 e. The molecule has 8 heteroatoms. The second-order valence-electron chi connectivity index (χ2n) is 4.07. The van der Waals surface area contributed by atoms with Gasteiger partial charge in [-0.05, 0) is 30.7 Å². The van der Waals surface area contributed by atoms with Crippen LogP contribution in [0.15, 0.2) is 17.0 Å². The third-order valence-corrected chi connectivity index (χ3v) is 3.66. The Labute approximate surface area is 132 Å². The molecular weight excluding hydrogens is 327 g/mol. The zero-order valence-corrected chi connectivity index (χ0v) is 13.5. The summed E-state index contributed by atoms with van der Waals surface area (Å²) in [5, 5.41) is 0. The van der Waals surface area contributed by atoms with E-state index in [1.54, 1.807) is 12.1 Å². The van der Waals surface area contributed by atoms with Crippen LogP contribution in [0.5, 0.6) is 11.5 Å². The third-order valence-electron chi connectivity index (χ3n) is 2.62. The number of halogens is 4. The molecule has 3 nitrogen and oxygen atoms in total. The summed E-state index contributed by atoms with van der Waals surface area (Å²) < 4.78 is 47.0. The van der Waals surface area contributed by atoms with E-state index in [1.165, 1.54) is 14.2 Å². The lowest BCUT2D eigenvalue weighted by Crippen LogP contribution is -2.08. The van der Waals surface area contributed by atoms with E-state index in [2.05, 4.69) is 0 Å². The van der Waals surface area contributed by atoms with Crippen LogP contribution in [0.25, 0.3) is 0 Å². The molecule has 0 atom stereocenters. The van der Waals surface area contributed by atoms with Gasteiger partial charge in [-0.2, -0.15) is 13.2 Å². The van der Waals surface area contributed by atoms with E-state index >= 15 is 0 Å². The molecule has 1 aromatic carbocycles. The molecule has 0 heterocycles. The molecule has 0 aromatic heterocycles. The standard InChI is InChI=1S/C13H18F3NO2S.ClH/c1-18-10-8-12(20-6-4-13(14,15)16)11(19-2)7-9(10)3-5-17;/h7-8H,3-6,17H2,1-2H3;1H. The Hall–Kier alpha value is -0.790. The van der Waals surface area contributed by atoms with Gasteiger partial charge in [-0.1, -0.05) is 0 Å². The topological polar surface area (TPSA) is 44.5 Å². The average molecular weight is 346 g/mol. The molecule has 0 amide bonds. The molecule has 0 aliphatic carbocycles. The Morgan fingerprint density at radius 3 is 2.24 bits per heavy atom. The van der Waals surface area contributed by atoms with E-state index < -0.39 is 12.6 Å². The van der Waals surface area contributed by atoms with Gasteiger partial charge in [0.1, 0.15) is 11.5 Å². The number of thioether (sulfide) groups is 1. The Bertz CT molecular complexity index is 444. The predicted molar refractivity (Wildman–Crippen MR) is 80.9 cm³/mol. The van der Waals surface area contributed by atoms with Gasteiger partial charge in [0.25, 0.3) is 0 Å². The van der Waals surface area contributed by atoms with E-state index in [-0.39, 0.29) is 18.2 Å². The first-order valence-corrected chi connectivity index (χ1v) is 7.04. The summed E-state index contributed by atoms with van der Waals surface area (Å²) in [5.74, 6) is 1.10. The molecule has 2 N–H and O–H groups in total. The van der Waals surface area contributed by atoms with Gasteiger partial charge in [0.2, 0.25) is 0 Å². The molecule has 21 heavy (non-hydrogen) atoms. The fourth-order valence-electron chi connectivity index (χ4n) is 1.67. The van der Waals surface area contributed by atoms with Crippen LogP contribution < -0.4 is 15.2 Å². The van der Waals surface area contributed by atoms with Gasteiger partial charge in [-0.25, -0.2) is 0 Å². The molecule has 0 saturated heterocycles. The molecule has 0 saturated carbocycles. The largest absolute Gasteiger partial charge is 0.496 e. The Kier molecular flexibility index (Phi) is 8.92. The number of hydrogen-bond acceptors (Lipinski definition) is 4. The fraction of sp³-hybridized carbons (Fsp3) is 0.538. The van der Waals surface area contributed by atoms with Crippen LogP contribution in [0.4, 0.5) is 13.2 Å². The van der Waals surface area contributed by atoms with E-state index in [4.69, 9.17) is 15.2 Å². The van der Waals surface area contributed by atoms with Crippen LogP contribution >= 0.6 is 24.2 Å². The van der Waals surface area contributed by atoms with Crippen LogP contribution in [-0.2, 0) is 6.42 Å². The normalized spacial score (nSPS) is 11.0. The summed E-state index contributed by atoms with van der Waals surface area (Å²) in [6.45, 7) is 0.458. The number of methoxy groups -OCH3 is 2. The lowest BCUT2D eigenvalue weighted by atomic mass is 10.1. The first-order valence-electron chi connectivity index (χ1n) is 6.05. The number of rotatable bonds is 7. The minimum Gasteiger partial charge on any atom is -0.496 e. The summed E-state index contributed by atoms with van der Waals surface area (Å²) in [5.41, 5.74) is 6.40. The Morgan fingerprint density at radius 2 is 1.76 bits per heavy atom. The molecule has 0 radical (unpaired) electrons. The predicted octanol–water partition coefficient (Wildman–Crippen LogP) is 3.67. The van der Waals surface area contributed by atoms with Gasteiger partial charge in [0.15, 0.2) is 0 Å². The van der Waals surface area contributed by atoms with Gasteiger partial charge in [-0.15, -0.1) is 24.2 Å². The molecule has 1 aromatic rings. The molecule has 0 aliphatic heterocycles. The minimum absolute atomic E-state index is 0. The van der Waals surface area contributed by atoms with Crippen molar-refractivity contribution in [3.05, 3.63) is 17.7 Å². The van der Waals surface area contributed by atoms with Gasteiger partial charge in [0.05, 0.1) is 25.5 Å². The molecule has 122 valence electrons. The molecular formula is C13H19ClF3NO2S.